The largest absolute Gasteiger partial charge is 0.384 e. The number of rotatable bonds is 5. The van der Waals surface area contributed by atoms with E-state index in [2.05, 4.69) is 5.32 Å². The SMILES string of the molecule is O=S(=O)(CCNc1ccc(F)cc1)C1CCCCC1. The topological polar surface area (TPSA) is 46.2 Å². The molecule has 0 unspecified atom stereocenters. The Morgan fingerprint density at radius 1 is 1.11 bits per heavy atom. The molecular formula is C14H20FNO2S. The van der Waals surface area contributed by atoms with E-state index in [0.717, 1.165) is 37.8 Å². The second-order valence-corrected chi connectivity index (χ2v) is 7.46. The first-order chi connectivity index (χ1) is 9.08. The Labute approximate surface area is 114 Å². The molecule has 1 fully saturated rings. The number of hydrogen-bond acceptors (Lipinski definition) is 3. The van der Waals surface area contributed by atoms with Gasteiger partial charge in [0.1, 0.15) is 5.82 Å². The first kappa shape index (κ1) is 14.3. The number of hydrogen-bond donors (Lipinski definition) is 1. The summed E-state index contributed by atoms with van der Waals surface area (Å²) >= 11 is 0. The quantitative estimate of drug-likeness (QED) is 0.904. The highest BCUT2D eigenvalue weighted by Gasteiger charge is 2.26. The van der Waals surface area contributed by atoms with Gasteiger partial charge in [0.15, 0.2) is 9.84 Å². The molecule has 0 aromatic heterocycles. The smallest absolute Gasteiger partial charge is 0.154 e. The monoisotopic (exact) mass is 285 g/mol. The van der Waals surface area contributed by atoms with E-state index in [4.69, 9.17) is 0 Å². The zero-order chi connectivity index (χ0) is 13.7. The molecule has 106 valence electrons. The van der Waals surface area contributed by atoms with Crippen molar-refractivity contribution >= 4 is 15.5 Å². The average molecular weight is 285 g/mol. The maximum Gasteiger partial charge on any atom is 0.154 e. The fourth-order valence-corrected chi connectivity index (χ4v) is 4.27. The molecule has 5 heteroatoms. The van der Waals surface area contributed by atoms with E-state index in [-0.39, 0.29) is 16.8 Å². The van der Waals surface area contributed by atoms with Crippen molar-refractivity contribution in [1.82, 2.24) is 0 Å². The van der Waals surface area contributed by atoms with Crippen molar-refractivity contribution in [3.8, 4) is 0 Å². The van der Waals surface area contributed by atoms with Gasteiger partial charge in [0.25, 0.3) is 0 Å². The van der Waals surface area contributed by atoms with Crippen molar-refractivity contribution in [1.29, 1.82) is 0 Å². The summed E-state index contributed by atoms with van der Waals surface area (Å²) in [5.41, 5.74) is 0.750. The number of anilines is 1. The van der Waals surface area contributed by atoms with E-state index in [1.54, 1.807) is 12.1 Å². The van der Waals surface area contributed by atoms with Gasteiger partial charge in [0.05, 0.1) is 11.0 Å². The van der Waals surface area contributed by atoms with Crippen LogP contribution in [0.1, 0.15) is 32.1 Å². The molecule has 0 radical (unpaired) electrons. The van der Waals surface area contributed by atoms with E-state index >= 15 is 0 Å². The minimum Gasteiger partial charge on any atom is -0.384 e. The molecule has 2 rings (SSSR count). The summed E-state index contributed by atoms with van der Waals surface area (Å²) in [6, 6.07) is 5.95. The molecule has 0 heterocycles. The van der Waals surface area contributed by atoms with Gasteiger partial charge in [-0.15, -0.1) is 0 Å². The molecule has 0 bridgehead atoms. The Bertz CT molecular complexity index is 493. The summed E-state index contributed by atoms with van der Waals surface area (Å²) in [6.07, 6.45) is 4.81. The Kier molecular flexibility index (Phi) is 4.80. The van der Waals surface area contributed by atoms with Gasteiger partial charge < -0.3 is 5.32 Å². The maximum absolute atomic E-state index is 12.7. The van der Waals surface area contributed by atoms with Gasteiger partial charge in [0, 0.05) is 12.2 Å². The Morgan fingerprint density at radius 2 is 1.74 bits per heavy atom. The lowest BCUT2D eigenvalue weighted by Crippen LogP contribution is -2.29. The third-order valence-corrected chi connectivity index (χ3v) is 5.88. The van der Waals surface area contributed by atoms with Crippen LogP contribution >= 0.6 is 0 Å². The average Bonchev–Trinajstić information content (AvgIpc) is 2.42. The lowest BCUT2D eigenvalue weighted by atomic mass is 10.0. The number of benzene rings is 1. The van der Waals surface area contributed by atoms with Crippen LogP contribution in [0.25, 0.3) is 0 Å². The van der Waals surface area contributed by atoms with E-state index in [1.807, 2.05) is 0 Å². The molecular weight excluding hydrogens is 265 g/mol. The molecule has 1 aliphatic carbocycles. The van der Waals surface area contributed by atoms with Crippen molar-refractivity contribution < 1.29 is 12.8 Å². The summed E-state index contributed by atoms with van der Waals surface area (Å²) in [7, 11) is -3.00. The van der Waals surface area contributed by atoms with Crippen LogP contribution in [0.2, 0.25) is 0 Å². The van der Waals surface area contributed by atoms with Crippen LogP contribution in [-0.2, 0) is 9.84 Å². The normalized spacial score (nSPS) is 17.3. The third-order valence-electron chi connectivity index (χ3n) is 3.62. The van der Waals surface area contributed by atoms with Crippen molar-refractivity contribution in [3.05, 3.63) is 30.1 Å². The van der Waals surface area contributed by atoms with Gasteiger partial charge in [-0.3, -0.25) is 0 Å². The molecule has 19 heavy (non-hydrogen) atoms. The summed E-state index contributed by atoms with van der Waals surface area (Å²) in [5.74, 6) is -0.143. The highest BCUT2D eigenvalue weighted by atomic mass is 32.2. The van der Waals surface area contributed by atoms with Gasteiger partial charge in [-0.1, -0.05) is 19.3 Å². The molecule has 1 aromatic carbocycles. The summed E-state index contributed by atoms with van der Waals surface area (Å²) in [4.78, 5) is 0. The Balaban J connectivity index is 1.82. The molecule has 0 atom stereocenters. The van der Waals surface area contributed by atoms with Crippen molar-refractivity contribution in [3.63, 3.8) is 0 Å². The first-order valence-corrected chi connectivity index (χ1v) is 8.50. The second-order valence-electron chi connectivity index (χ2n) is 5.06. The lowest BCUT2D eigenvalue weighted by Gasteiger charge is -2.21. The molecule has 0 aliphatic heterocycles. The van der Waals surface area contributed by atoms with Crippen molar-refractivity contribution in [2.75, 3.05) is 17.6 Å². The van der Waals surface area contributed by atoms with E-state index in [0.29, 0.717) is 6.54 Å². The molecule has 1 N–H and O–H groups in total. The molecule has 3 nitrogen and oxygen atoms in total. The van der Waals surface area contributed by atoms with Gasteiger partial charge in [0.2, 0.25) is 0 Å². The van der Waals surface area contributed by atoms with E-state index in [9.17, 15) is 12.8 Å². The van der Waals surface area contributed by atoms with Crippen LogP contribution in [0.3, 0.4) is 0 Å². The van der Waals surface area contributed by atoms with Gasteiger partial charge in [-0.25, -0.2) is 12.8 Å². The Morgan fingerprint density at radius 3 is 2.37 bits per heavy atom. The zero-order valence-corrected chi connectivity index (χ0v) is 11.8. The van der Waals surface area contributed by atoms with Crippen molar-refractivity contribution in [2.45, 2.75) is 37.4 Å². The minimum absolute atomic E-state index is 0.148. The highest BCUT2D eigenvalue weighted by Crippen LogP contribution is 2.24. The van der Waals surface area contributed by atoms with Crippen molar-refractivity contribution in [2.24, 2.45) is 0 Å². The molecule has 1 aromatic rings. The fraction of sp³-hybridized carbons (Fsp3) is 0.571. The third kappa shape index (κ3) is 4.20. The van der Waals surface area contributed by atoms with Crippen LogP contribution in [0.5, 0.6) is 0 Å². The van der Waals surface area contributed by atoms with Gasteiger partial charge >= 0.3 is 0 Å². The zero-order valence-electron chi connectivity index (χ0n) is 10.9. The number of halogens is 1. The molecule has 1 aliphatic rings. The highest BCUT2D eigenvalue weighted by molar-refractivity contribution is 7.92. The summed E-state index contributed by atoms with van der Waals surface area (Å²) in [5, 5.41) is 2.86. The number of nitrogens with one attached hydrogen (secondary N) is 1. The fourth-order valence-electron chi connectivity index (χ4n) is 2.50. The van der Waals surface area contributed by atoms with Gasteiger partial charge in [-0.2, -0.15) is 0 Å². The Hall–Kier alpha value is -1.10. The standard InChI is InChI=1S/C14H20FNO2S/c15-12-6-8-13(9-7-12)16-10-11-19(17,18)14-4-2-1-3-5-14/h6-9,14,16H,1-5,10-11H2. The minimum atomic E-state index is -3.00. The number of sulfone groups is 1. The van der Waals surface area contributed by atoms with E-state index in [1.165, 1.54) is 12.1 Å². The van der Waals surface area contributed by atoms with Crippen LogP contribution in [0.4, 0.5) is 10.1 Å². The molecule has 0 spiro atoms. The summed E-state index contributed by atoms with van der Waals surface area (Å²) < 4.78 is 37.0. The predicted molar refractivity (Wildman–Crippen MR) is 75.5 cm³/mol. The maximum atomic E-state index is 12.7. The van der Waals surface area contributed by atoms with E-state index < -0.39 is 9.84 Å². The lowest BCUT2D eigenvalue weighted by molar-refractivity contribution is 0.484. The van der Waals surface area contributed by atoms with Gasteiger partial charge in [-0.05, 0) is 37.1 Å². The summed E-state index contributed by atoms with van der Waals surface area (Å²) in [6.45, 7) is 0.379. The molecule has 0 saturated heterocycles. The first-order valence-electron chi connectivity index (χ1n) is 6.79. The second kappa shape index (κ2) is 6.37. The van der Waals surface area contributed by atoms with Crippen LogP contribution < -0.4 is 5.32 Å². The van der Waals surface area contributed by atoms with Crippen LogP contribution in [0.15, 0.2) is 24.3 Å². The molecule has 1 saturated carbocycles. The predicted octanol–water partition coefficient (Wildman–Crippen LogP) is 2.99. The molecule has 0 amide bonds. The van der Waals surface area contributed by atoms with Crippen LogP contribution in [0, 0.1) is 5.82 Å². The van der Waals surface area contributed by atoms with Crippen LogP contribution in [-0.4, -0.2) is 26.0 Å².